The number of carbonyl (C=O) groups excluding carboxylic acids is 4. The van der Waals surface area contributed by atoms with E-state index < -0.39 is 42.1 Å². The molecule has 4 heterocycles. The number of amides is 1. The molecule has 1 amide bonds. The van der Waals surface area contributed by atoms with E-state index in [0.717, 1.165) is 22.6 Å². The van der Waals surface area contributed by atoms with Crippen LogP contribution in [0.5, 0.6) is 5.88 Å². The van der Waals surface area contributed by atoms with Crippen LogP contribution in [-0.2, 0) is 38.1 Å². The lowest BCUT2D eigenvalue weighted by molar-refractivity contribution is -0.173. The number of morpholine rings is 1. The fourth-order valence-corrected chi connectivity index (χ4v) is 6.42. The molecular weight excluding hydrogens is 788 g/mol. The summed E-state index contributed by atoms with van der Waals surface area (Å²) in [5.74, 6) is -1.64. The third-order valence-corrected chi connectivity index (χ3v) is 9.47. The number of hydrogen-bond acceptors (Lipinski definition) is 16. The summed E-state index contributed by atoms with van der Waals surface area (Å²) in [6.07, 6.45) is -2.21. The number of aliphatic imine (C=N–C) groups is 1. The first-order chi connectivity index (χ1) is 25.8. The minimum Gasteiger partial charge on any atom is -0.470 e. The first-order valence-electron chi connectivity index (χ1n) is 17.6. The van der Waals surface area contributed by atoms with Crippen LogP contribution in [0.2, 0.25) is 0 Å². The predicted molar refractivity (Wildman–Crippen MR) is 203 cm³/mol. The molecule has 19 heteroatoms. The van der Waals surface area contributed by atoms with Crippen molar-refractivity contribution >= 4 is 79.8 Å². The van der Waals surface area contributed by atoms with Gasteiger partial charge < -0.3 is 39.2 Å². The Kier molecular flexibility index (Phi) is 14.1. The highest BCUT2D eigenvalue weighted by atomic mass is 79.9. The van der Waals surface area contributed by atoms with E-state index in [1.165, 1.54) is 18.7 Å². The molecule has 292 valence electrons. The zero-order valence-corrected chi connectivity index (χ0v) is 33.2. The summed E-state index contributed by atoms with van der Waals surface area (Å²) in [7, 11) is 0. The molecule has 0 bridgehead atoms. The van der Waals surface area contributed by atoms with E-state index in [4.69, 9.17) is 23.7 Å². The molecule has 3 aromatic rings. The van der Waals surface area contributed by atoms with Gasteiger partial charge in [0.2, 0.25) is 11.8 Å². The molecule has 0 radical (unpaired) electrons. The van der Waals surface area contributed by atoms with E-state index in [1.807, 2.05) is 49.9 Å². The van der Waals surface area contributed by atoms with Crippen LogP contribution in [0.25, 0.3) is 10.9 Å². The average molecular weight is 834 g/mol. The number of nitrogens with zero attached hydrogens (tertiary/aromatic N) is 6. The monoisotopic (exact) mass is 832 g/mol. The number of halogens is 1. The zero-order chi connectivity index (χ0) is 38.8. The molecule has 2 aliphatic heterocycles. The number of fused-ring (bicyclic) bond motifs is 1. The van der Waals surface area contributed by atoms with E-state index in [-0.39, 0.29) is 31.5 Å². The molecule has 54 heavy (non-hydrogen) atoms. The number of aromatic nitrogens is 3. The van der Waals surface area contributed by atoms with Crippen LogP contribution in [0.15, 0.2) is 39.9 Å². The normalized spacial score (nSPS) is 17.1. The van der Waals surface area contributed by atoms with E-state index in [1.54, 1.807) is 6.20 Å². The molecule has 0 saturated carbocycles. The largest absolute Gasteiger partial charge is 0.470 e. The summed E-state index contributed by atoms with van der Waals surface area (Å²) in [6.45, 7) is 12.2. The van der Waals surface area contributed by atoms with Gasteiger partial charge in [0.15, 0.2) is 12.2 Å². The summed E-state index contributed by atoms with van der Waals surface area (Å²) < 4.78 is 36.9. The molecule has 2 aliphatic rings. The van der Waals surface area contributed by atoms with Crippen molar-refractivity contribution in [2.45, 2.75) is 71.3 Å². The summed E-state index contributed by atoms with van der Waals surface area (Å²) in [5.41, 5.74) is 1.02. The highest BCUT2D eigenvalue weighted by Gasteiger charge is 2.33. The van der Waals surface area contributed by atoms with Gasteiger partial charge in [0, 0.05) is 49.8 Å². The Labute approximate surface area is 325 Å². The molecular formula is C35H45BrN8O9S. The molecule has 17 nitrogen and oxygen atoms in total. The van der Waals surface area contributed by atoms with E-state index in [2.05, 4.69) is 45.3 Å². The average Bonchev–Trinajstić information content (AvgIpc) is 3.82. The van der Waals surface area contributed by atoms with Gasteiger partial charge >= 0.3 is 17.9 Å². The number of carbonyl (C=O) groups is 4. The summed E-state index contributed by atoms with van der Waals surface area (Å²) in [4.78, 5) is 64.0. The second-order valence-electron chi connectivity index (χ2n) is 13.6. The van der Waals surface area contributed by atoms with E-state index in [9.17, 15) is 19.2 Å². The maximum atomic E-state index is 13.3. The molecule has 2 N–H and O–H groups in total. The molecule has 0 aliphatic carbocycles. The van der Waals surface area contributed by atoms with Crippen molar-refractivity contribution in [3.63, 3.8) is 0 Å². The Morgan fingerprint density at radius 3 is 2.50 bits per heavy atom. The maximum absolute atomic E-state index is 13.3. The number of benzene rings is 1. The third-order valence-electron chi connectivity index (χ3n) is 8.19. The highest BCUT2D eigenvalue weighted by Crippen LogP contribution is 2.32. The van der Waals surface area contributed by atoms with Crippen LogP contribution >= 0.6 is 27.7 Å². The Bertz CT molecular complexity index is 1830. The Morgan fingerprint density at radius 1 is 1.02 bits per heavy atom. The summed E-state index contributed by atoms with van der Waals surface area (Å²) >= 11 is 4.59. The number of pyridine rings is 1. The third kappa shape index (κ3) is 11.3. The minimum atomic E-state index is -1.33. The smallest absolute Gasteiger partial charge is 0.347 e. The number of nitrogens with one attached hydrogen (secondary N) is 2. The van der Waals surface area contributed by atoms with Crippen molar-refractivity contribution < 1.29 is 42.9 Å². The molecule has 3 atom stereocenters. The van der Waals surface area contributed by atoms with E-state index in [0.29, 0.717) is 67.2 Å². The van der Waals surface area contributed by atoms with E-state index >= 15 is 0 Å². The Hall–Kier alpha value is -4.46. The number of ether oxygens (including phenoxy) is 5. The predicted octanol–water partition coefficient (Wildman–Crippen LogP) is 3.13. The van der Waals surface area contributed by atoms with Crippen molar-refractivity contribution in [3.8, 4) is 5.88 Å². The van der Waals surface area contributed by atoms with Crippen molar-refractivity contribution in [1.29, 1.82) is 0 Å². The SMILES string of the molecule is C[C@H](OC(=O)CCC(=O)O[C@@H](CNC(C)(C)C)COc1nsnc1N1CCOCC1)C(=O)O[C@@H](C)C(=O)N1CCN/C1=N/c1ccc2cccnc2c1Br. The highest BCUT2D eigenvalue weighted by molar-refractivity contribution is 9.10. The lowest BCUT2D eigenvalue weighted by Crippen LogP contribution is -2.44. The zero-order valence-electron chi connectivity index (χ0n) is 30.8. The van der Waals surface area contributed by atoms with Crippen LogP contribution < -0.4 is 20.3 Å². The molecule has 0 spiro atoms. The number of anilines is 1. The van der Waals surface area contributed by atoms with Gasteiger partial charge in [0.25, 0.3) is 11.8 Å². The number of rotatable bonds is 15. The van der Waals surface area contributed by atoms with Gasteiger partial charge in [-0.3, -0.25) is 24.3 Å². The Balaban J connectivity index is 1.08. The van der Waals surface area contributed by atoms with Gasteiger partial charge in [-0.1, -0.05) is 12.1 Å². The van der Waals surface area contributed by atoms with Gasteiger partial charge in [0.1, 0.15) is 12.7 Å². The summed E-state index contributed by atoms with van der Waals surface area (Å²) in [6, 6.07) is 7.46. The minimum absolute atomic E-state index is 0.00109. The van der Waals surface area contributed by atoms with Gasteiger partial charge in [-0.2, -0.15) is 4.37 Å². The molecule has 2 fully saturated rings. The molecule has 2 saturated heterocycles. The topological polar surface area (TPSA) is 196 Å². The summed E-state index contributed by atoms with van der Waals surface area (Å²) in [5, 5.41) is 7.32. The van der Waals surface area contributed by atoms with Gasteiger partial charge in [-0.25, -0.2) is 9.79 Å². The van der Waals surface area contributed by atoms with Gasteiger partial charge in [0.05, 0.1) is 53.5 Å². The van der Waals surface area contributed by atoms with Crippen LogP contribution in [-0.4, -0.2) is 125 Å². The Morgan fingerprint density at radius 2 is 1.76 bits per heavy atom. The number of esters is 3. The fraction of sp³-hybridized carbons (Fsp3) is 0.543. The first-order valence-corrected chi connectivity index (χ1v) is 19.1. The second-order valence-corrected chi connectivity index (χ2v) is 14.9. The number of hydrogen-bond donors (Lipinski definition) is 2. The van der Waals surface area contributed by atoms with Crippen molar-refractivity contribution in [2.75, 3.05) is 57.4 Å². The van der Waals surface area contributed by atoms with Crippen LogP contribution in [0.3, 0.4) is 0 Å². The van der Waals surface area contributed by atoms with Crippen molar-refractivity contribution in [1.82, 2.24) is 29.3 Å². The van der Waals surface area contributed by atoms with Crippen LogP contribution in [0.4, 0.5) is 11.5 Å². The van der Waals surface area contributed by atoms with Crippen LogP contribution in [0, 0.1) is 0 Å². The lowest BCUT2D eigenvalue weighted by atomic mass is 10.1. The first kappa shape index (κ1) is 40.7. The van der Waals surface area contributed by atoms with Crippen LogP contribution in [0.1, 0.15) is 47.5 Å². The second kappa shape index (κ2) is 18.7. The standard InChI is InChI=1S/C35H45BrN8O9S/c1-21(32(47)44-14-13-38-34(44)40-25-9-8-23-7-6-12-37-29(23)28(25)36)52-33(48)22(2)51-26(45)10-11-27(46)53-24(19-39-35(3,4)5)20-50-31-30(41-54-42-31)43-15-17-49-18-16-43/h6-9,12,21-22,24,39H,10-11,13-20H2,1-5H3,(H,38,40)/t21-,22-,24-/m0/s1. The van der Waals surface area contributed by atoms with Gasteiger partial charge in [-0.05, 0) is 62.7 Å². The quantitative estimate of drug-likeness (QED) is 0.167. The fourth-order valence-electron chi connectivity index (χ4n) is 5.35. The van der Waals surface area contributed by atoms with Crippen molar-refractivity contribution in [2.24, 2.45) is 4.99 Å². The molecule has 5 rings (SSSR count). The van der Waals surface area contributed by atoms with Gasteiger partial charge in [-0.15, -0.1) is 4.37 Å². The molecule has 1 aromatic carbocycles. The van der Waals surface area contributed by atoms with Crippen molar-refractivity contribution in [3.05, 3.63) is 34.9 Å². The molecule has 2 aromatic heterocycles. The lowest BCUT2D eigenvalue weighted by Gasteiger charge is -2.27. The maximum Gasteiger partial charge on any atom is 0.347 e. The number of guanidine groups is 1. The molecule has 0 unspecified atom stereocenters.